The van der Waals surface area contributed by atoms with E-state index in [0.717, 1.165) is 12.0 Å². The summed E-state index contributed by atoms with van der Waals surface area (Å²) in [5.74, 6) is 1.17. The van der Waals surface area contributed by atoms with Crippen LogP contribution in [0.1, 0.15) is 38.5 Å². The molecule has 1 unspecified atom stereocenters. The van der Waals surface area contributed by atoms with Gasteiger partial charge in [0.15, 0.2) is 0 Å². The van der Waals surface area contributed by atoms with E-state index < -0.39 is 0 Å². The second-order valence-corrected chi connectivity index (χ2v) is 8.37. The SMILES string of the molecule is CCOc1ccccc1NC(=O)N(CC(=O)N(CCc1ccccc1)Cc1ccco1)C(C)CC. The topological polar surface area (TPSA) is 75.0 Å². The first kappa shape index (κ1) is 25.9. The Morgan fingerprint density at radius 1 is 1.00 bits per heavy atom. The van der Waals surface area contributed by atoms with Crippen molar-refractivity contribution >= 4 is 17.6 Å². The van der Waals surface area contributed by atoms with Gasteiger partial charge in [0.05, 0.1) is 25.1 Å². The summed E-state index contributed by atoms with van der Waals surface area (Å²) in [6, 6.07) is 20.5. The summed E-state index contributed by atoms with van der Waals surface area (Å²) in [6.45, 7) is 7.17. The predicted octanol–water partition coefficient (Wildman–Crippen LogP) is 5.58. The van der Waals surface area contributed by atoms with Crippen molar-refractivity contribution in [3.8, 4) is 5.75 Å². The number of carbonyl (C=O) groups excluding carboxylic acids is 2. The molecule has 3 amide bonds. The fraction of sp³-hybridized carbons (Fsp3) is 0.357. The summed E-state index contributed by atoms with van der Waals surface area (Å²) in [6.07, 6.45) is 3.03. The molecule has 35 heavy (non-hydrogen) atoms. The average Bonchev–Trinajstić information content (AvgIpc) is 3.39. The lowest BCUT2D eigenvalue weighted by Crippen LogP contribution is -2.48. The third kappa shape index (κ3) is 7.64. The fourth-order valence-electron chi connectivity index (χ4n) is 3.72. The van der Waals surface area contributed by atoms with Crippen LogP contribution in [0.4, 0.5) is 10.5 Å². The van der Waals surface area contributed by atoms with Crippen molar-refractivity contribution in [2.75, 3.05) is 25.0 Å². The zero-order chi connectivity index (χ0) is 25.0. The number of hydrogen-bond acceptors (Lipinski definition) is 4. The lowest BCUT2D eigenvalue weighted by molar-refractivity contribution is -0.133. The largest absolute Gasteiger partial charge is 0.492 e. The van der Waals surface area contributed by atoms with Gasteiger partial charge in [-0.1, -0.05) is 49.4 Å². The highest BCUT2D eigenvalue weighted by molar-refractivity contribution is 5.93. The molecule has 1 aromatic heterocycles. The second-order valence-electron chi connectivity index (χ2n) is 8.37. The monoisotopic (exact) mass is 477 g/mol. The van der Waals surface area contributed by atoms with Crippen molar-refractivity contribution in [2.24, 2.45) is 0 Å². The molecule has 0 saturated heterocycles. The Bertz CT molecular complexity index is 1050. The Labute approximate surface area is 207 Å². The van der Waals surface area contributed by atoms with E-state index in [1.807, 2.05) is 81.4 Å². The minimum absolute atomic E-state index is 0.0346. The third-order valence-corrected chi connectivity index (χ3v) is 5.91. The van der Waals surface area contributed by atoms with E-state index in [1.54, 1.807) is 22.1 Å². The number of benzene rings is 2. The van der Waals surface area contributed by atoms with Crippen molar-refractivity contribution in [3.05, 3.63) is 84.3 Å². The van der Waals surface area contributed by atoms with E-state index in [0.29, 0.717) is 43.3 Å². The van der Waals surface area contributed by atoms with Crippen LogP contribution in [0, 0.1) is 0 Å². The molecule has 0 spiro atoms. The first-order chi connectivity index (χ1) is 17.0. The van der Waals surface area contributed by atoms with Crippen LogP contribution in [-0.4, -0.2) is 47.5 Å². The van der Waals surface area contributed by atoms with Gasteiger partial charge < -0.3 is 24.3 Å². The van der Waals surface area contributed by atoms with Gasteiger partial charge >= 0.3 is 6.03 Å². The third-order valence-electron chi connectivity index (χ3n) is 5.91. The molecule has 1 heterocycles. The molecule has 3 rings (SSSR count). The molecule has 0 radical (unpaired) electrons. The number of anilines is 1. The van der Waals surface area contributed by atoms with Crippen LogP contribution in [-0.2, 0) is 17.8 Å². The van der Waals surface area contributed by atoms with E-state index in [4.69, 9.17) is 9.15 Å². The molecule has 0 fully saturated rings. The second kappa shape index (κ2) is 13.2. The standard InChI is InChI=1S/C28H35N3O4/c1-4-22(3)31(28(33)29-25-15-9-10-16-26(25)34-5-2)21-27(32)30(20-24-14-11-19-35-24)18-17-23-12-7-6-8-13-23/h6-16,19,22H,4-5,17-18,20-21H2,1-3H3,(H,29,33). The Morgan fingerprint density at radius 3 is 2.43 bits per heavy atom. The first-order valence-electron chi connectivity index (χ1n) is 12.1. The molecule has 0 aliphatic carbocycles. The number of nitrogens with one attached hydrogen (secondary N) is 1. The molecule has 0 bridgehead atoms. The highest BCUT2D eigenvalue weighted by Crippen LogP contribution is 2.24. The van der Waals surface area contributed by atoms with Gasteiger partial charge in [-0.25, -0.2) is 4.79 Å². The number of ether oxygens (including phenoxy) is 1. The van der Waals surface area contributed by atoms with Crippen molar-refractivity contribution in [3.63, 3.8) is 0 Å². The maximum atomic E-state index is 13.5. The Balaban J connectivity index is 1.74. The number of urea groups is 1. The summed E-state index contributed by atoms with van der Waals surface area (Å²) in [4.78, 5) is 30.1. The van der Waals surface area contributed by atoms with Crippen LogP contribution in [0.2, 0.25) is 0 Å². The molecule has 3 aromatic rings. The predicted molar refractivity (Wildman–Crippen MR) is 137 cm³/mol. The van der Waals surface area contributed by atoms with Gasteiger partial charge in [0, 0.05) is 12.6 Å². The number of nitrogens with zero attached hydrogens (tertiary/aromatic N) is 2. The van der Waals surface area contributed by atoms with Gasteiger partial charge in [-0.2, -0.15) is 0 Å². The molecule has 0 aliphatic rings. The van der Waals surface area contributed by atoms with E-state index in [2.05, 4.69) is 5.32 Å². The summed E-state index contributed by atoms with van der Waals surface area (Å²) in [5, 5.41) is 2.93. The lowest BCUT2D eigenvalue weighted by atomic mass is 10.1. The van der Waals surface area contributed by atoms with E-state index >= 15 is 0 Å². The van der Waals surface area contributed by atoms with Crippen LogP contribution in [0.3, 0.4) is 0 Å². The zero-order valence-corrected chi connectivity index (χ0v) is 20.8. The van der Waals surface area contributed by atoms with Crippen LogP contribution in [0.15, 0.2) is 77.4 Å². The Morgan fingerprint density at radius 2 is 1.74 bits per heavy atom. The molecule has 0 aliphatic heterocycles. The van der Waals surface area contributed by atoms with E-state index in [9.17, 15) is 9.59 Å². The molecule has 7 heteroatoms. The first-order valence-corrected chi connectivity index (χ1v) is 12.1. The highest BCUT2D eigenvalue weighted by Gasteiger charge is 2.26. The summed E-state index contributed by atoms with van der Waals surface area (Å²) in [5.41, 5.74) is 1.73. The fourth-order valence-corrected chi connectivity index (χ4v) is 3.72. The highest BCUT2D eigenvalue weighted by atomic mass is 16.5. The maximum absolute atomic E-state index is 13.5. The molecule has 186 valence electrons. The number of rotatable bonds is 12. The number of furan rings is 1. The number of carbonyl (C=O) groups is 2. The van der Waals surface area contributed by atoms with Gasteiger partial charge in [-0.3, -0.25) is 4.79 Å². The normalized spacial score (nSPS) is 11.5. The maximum Gasteiger partial charge on any atom is 0.322 e. The molecule has 1 atom stereocenters. The zero-order valence-electron chi connectivity index (χ0n) is 20.8. The molecular weight excluding hydrogens is 442 g/mol. The smallest absolute Gasteiger partial charge is 0.322 e. The lowest BCUT2D eigenvalue weighted by Gasteiger charge is -2.31. The van der Waals surface area contributed by atoms with Crippen molar-refractivity contribution < 1.29 is 18.7 Å². The molecular formula is C28H35N3O4. The Hall–Kier alpha value is -3.74. The van der Waals surface area contributed by atoms with Crippen LogP contribution < -0.4 is 10.1 Å². The minimum Gasteiger partial charge on any atom is -0.492 e. The van der Waals surface area contributed by atoms with Gasteiger partial charge in [-0.15, -0.1) is 0 Å². The summed E-state index contributed by atoms with van der Waals surface area (Å²) >= 11 is 0. The molecule has 0 saturated carbocycles. The Kier molecular flexibility index (Phi) is 9.78. The van der Waals surface area contributed by atoms with Crippen molar-refractivity contribution in [1.29, 1.82) is 0 Å². The van der Waals surface area contributed by atoms with Crippen molar-refractivity contribution in [2.45, 2.75) is 46.2 Å². The number of amides is 3. The number of para-hydroxylation sites is 2. The quantitative estimate of drug-likeness (QED) is 0.369. The van der Waals surface area contributed by atoms with Gasteiger partial charge in [-0.05, 0) is 56.5 Å². The van der Waals surface area contributed by atoms with E-state index in [1.165, 1.54) is 0 Å². The van der Waals surface area contributed by atoms with E-state index in [-0.39, 0.29) is 24.5 Å². The van der Waals surface area contributed by atoms with Crippen LogP contribution >= 0.6 is 0 Å². The minimum atomic E-state index is -0.333. The van der Waals surface area contributed by atoms with Crippen LogP contribution in [0.5, 0.6) is 5.75 Å². The van der Waals surface area contributed by atoms with Crippen molar-refractivity contribution in [1.82, 2.24) is 9.80 Å². The molecule has 1 N–H and O–H groups in total. The molecule has 2 aromatic carbocycles. The molecule has 7 nitrogen and oxygen atoms in total. The van der Waals surface area contributed by atoms with Gasteiger partial charge in [0.2, 0.25) is 5.91 Å². The van der Waals surface area contributed by atoms with Crippen LogP contribution in [0.25, 0.3) is 0 Å². The average molecular weight is 478 g/mol. The van der Waals surface area contributed by atoms with Gasteiger partial charge in [0.25, 0.3) is 0 Å². The summed E-state index contributed by atoms with van der Waals surface area (Å²) < 4.78 is 11.1. The summed E-state index contributed by atoms with van der Waals surface area (Å²) in [7, 11) is 0. The number of hydrogen-bond donors (Lipinski definition) is 1. The van der Waals surface area contributed by atoms with Gasteiger partial charge in [0.1, 0.15) is 18.1 Å².